The van der Waals surface area contributed by atoms with Gasteiger partial charge in [-0.1, -0.05) is 37.3 Å². The lowest BCUT2D eigenvalue weighted by atomic mass is 10.2. The third-order valence-electron chi connectivity index (χ3n) is 3.78. The average molecular weight is 487 g/mol. The SMILES string of the molecule is CSc1sc(N(C(=O)CC(N)=O)c2ccccc2OCC(C)C)nc1CNS(C)(=O)=O. The number of thioether (sulfide) groups is 1. The van der Waals surface area contributed by atoms with Crippen LogP contribution in [-0.4, -0.2) is 44.3 Å². The highest BCUT2D eigenvalue weighted by molar-refractivity contribution is 8.00. The van der Waals surface area contributed by atoms with Crippen LogP contribution >= 0.6 is 23.1 Å². The van der Waals surface area contributed by atoms with Crippen molar-refractivity contribution in [2.24, 2.45) is 11.7 Å². The summed E-state index contributed by atoms with van der Waals surface area (Å²) in [5, 5.41) is 0.293. The molecule has 0 aliphatic carbocycles. The Morgan fingerprint density at radius 2 is 2.00 bits per heavy atom. The van der Waals surface area contributed by atoms with Gasteiger partial charge in [-0.3, -0.25) is 14.5 Å². The number of hydrogen-bond donors (Lipinski definition) is 2. The smallest absolute Gasteiger partial charge is 0.242 e. The third-order valence-corrected chi connectivity index (χ3v) is 6.68. The van der Waals surface area contributed by atoms with Gasteiger partial charge in [0.25, 0.3) is 0 Å². The Morgan fingerprint density at radius 1 is 1.32 bits per heavy atom. The molecule has 0 aliphatic rings. The molecular weight excluding hydrogens is 460 g/mol. The van der Waals surface area contributed by atoms with E-state index in [1.807, 2.05) is 20.1 Å². The van der Waals surface area contributed by atoms with Gasteiger partial charge in [0.05, 0.1) is 35.0 Å². The summed E-state index contributed by atoms with van der Waals surface area (Å²) in [6.45, 7) is 4.43. The highest BCUT2D eigenvalue weighted by atomic mass is 32.2. The molecule has 3 N–H and O–H groups in total. The first-order valence-electron chi connectivity index (χ1n) is 9.33. The van der Waals surface area contributed by atoms with Crippen molar-refractivity contribution in [3.8, 4) is 5.75 Å². The van der Waals surface area contributed by atoms with Crippen LogP contribution in [0.5, 0.6) is 5.75 Å². The molecule has 9 nitrogen and oxygen atoms in total. The molecular formula is C19H26N4O5S3. The van der Waals surface area contributed by atoms with Crippen molar-refractivity contribution < 1.29 is 22.7 Å². The van der Waals surface area contributed by atoms with Gasteiger partial charge >= 0.3 is 0 Å². The van der Waals surface area contributed by atoms with Crippen LogP contribution < -0.4 is 20.1 Å². The molecule has 31 heavy (non-hydrogen) atoms. The molecule has 0 saturated carbocycles. The average Bonchev–Trinajstić information content (AvgIpc) is 3.07. The highest BCUT2D eigenvalue weighted by Gasteiger charge is 2.27. The van der Waals surface area contributed by atoms with Crippen molar-refractivity contribution in [3.63, 3.8) is 0 Å². The number of nitrogens with one attached hydrogen (secondary N) is 1. The van der Waals surface area contributed by atoms with E-state index in [1.165, 1.54) is 28.0 Å². The molecule has 2 rings (SSSR count). The molecule has 1 aromatic carbocycles. The highest BCUT2D eigenvalue weighted by Crippen LogP contribution is 2.40. The fourth-order valence-corrected chi connectivity index (χ4v) is 4.64. The molecule has 0 atom stereocenters. The maximum absolute atomic E-state index is 13.0. The van der Waals surface area contributed by atoms with Crippen molar-refractivity contribution >= 4 is 55.8 Å². The fraction of sp³-hybridized carbons (Fsp3) is 0.421. The summed E-state index contributed by atoms with van der Waals surface area (Å²) in [6, 6.07) is 6.96. The topological polar surface area (TPSA) is 132 Å². The molecule has 0 saturated heterocycles. The second kappa shape index (κ2) is 10.9. The lowest BCUT2D eigenvalue weighted by Crippen LogP contribution is -2.30. The van der Waals surface area contributed by atoms with Gasteiger partial charge in [0, 0.05) is 0 Å². The number of rotatable bonds is 11. The van der Waals surface area contributed by atoms with Crippen LogP contribution in [0.1, 0.15) is 26.0 Å². The number of benzene rings is 1. The molecule has 0 fully saturated rings. The van der Waals surface area contributed by atoms with Crippen LogP contribution in [0.15, 0.2) is 28.5 Å². The van der Waals surface area contributed by atoms with E-state index in [4.69, 9.17) is 10.5 Å². The van der Waals surface area contributed by atoms with Crippen LogP contribution in [0.2, 0.25) is 0 Å². The summed E-state index contributed by atoms with van der Waals surface area (Å²) in [5.41, 5.74) is 6.18. The minimum Gasteiger partial charge on any atom is -0.491 e. The van der Waals surface area contributed by atoms with Gasteiger partial charge in [0.15, 0.2) is 5.13 Å². The molecule has 1 heterocycles. The van der Waals surface area contributed by atoms with E-state index in [9.17, 15) is 18.0 Å². The number of carbonyl (C=O) groups excluding carboxylic acids is 2. The summed E-state index contributed by atoms with van der Waals surface area (Å²) in [7, 11) is -3.42. The minimum atomic E-state index is -3.42. The Balaban J connectivity index is 2.52. The number of hydrogen-bond acceptors (Lipinski definition) is 8. The second-order valence-electron chi connectivity index (χ2n) is 7.07. The van der Waals surface area contributed by atoms with E-state index in [-0.39, 0.29) is 12.5 Å². The largest absolute Gasteiger partial charge is 0.491 e. The third kappa shape index (κ3) is 7.49. The quantitative estimate of drug-likeness (QED) is 0.368. The Labute approximate surface area is 190 Å². The molecule has 0 unspecified atom stereocenters. The summed E-state index contributed by atoms with van der Waals surface area (Å²) in [4.78, 5) is 30.2. The molecule has 0 spiro atoms. The number of aromatic nitrogens is 1. The van der Waals surface area contributed by atoms with Crippen LogP contribution in [0.4, 0.5) is 10.8 Å². The van der Waals surface area contributed by atoms with E-state index < -0.39 is 28.3 Å². The van der Waals surface area contributed by atoms with Gasteiger partial charge in [-0.15, -0.1) is 11.8 Å². The van der Waals surface area contributed by atoms with Crippen LogP contribution in [0.25, 0.3) is 0 Å². The van der Waals surface area contributed by atoms with Crippen molar-refractivity contribution in [2.45, 2.75) is 31.0 Å². The molecule has 2 amide bonds. The number of sulfonamides is 1. The number of ether oxygens (including phenoxy) is 1. The number of para-hydroxylation sites is 2. The second-order valence-corrected chi connectivity index (χ2v) is 11.0. The van der Waals surface area contributed by atoms with E-state index in [0.29, 0.717) is 28.9 Å². The standard InChI is InChI=1S/C19H26N4O5S3/c1-12(2)11-28-15-8-6-5-7-14(15)23(17(25)9-16(20)24)19-22-13(18(29-3)30-19)10-21-31(4,26)27/h5-8,12,21H,9-11H2,1-4H3,(H2,20,24). The number of amides is 2. The van der Waals surface area contributed by atoms with Crippen molar-refractivity contribution in [1.82, 2.24) is 9.71 Å². The summed E-state index contributed by atoms with van der Waals surface area (Å²) >= 11 is 2.60. The molecule has 0 bridgehead atoms. The number of carbonyl (C=O) groups is 2. The van der Waals surface area contributed by atoms with Crippen LogP contribution in [-0.2, 0) is 26.2 Å². The molecule has 2 aromatic rings. The Morgan fingerprint density at radius 3 is 2.58 bits per heavy atom. The molecule has 0 radical (unpaired) electrons. The summed E-state index contributed by atoms with van der Waals surface area (Å²) in [5.74, 6) is -0.599. The summed E-state index contributed by atoms with van der Waals surface area (Å²) in [6.07, 6.45) is 2.38. The van der Waals surface area contributed by atoms with Crippen molar-refractivity contribution in [3.05, 3.63) is 30.0 Å². The maximum atomic E-state index is 13.0. The lowest BCUT2D eigenvalue weighted by Gasteiger charge is -2.23. The normalized spacial score (nSPS) is 11.5. The zero-order chi connectivity index (χ0) is 23.2. The van der Waals surface area contributed by atoms with Gasteiger partial charge in [0.2, 0.25) is 21.8 Å². The number of primary amides is 1. The van der Waals surface area contributed by atoms with E-state index in [2.05, 4.69) is 9.71 Å². The molecule has 0 aliphatic heterocycles. The Hall–Kier alpha value is -2.15. The number of nitrogens with zero attached hydrogens (tertiary/aromatic N) is 2. The first-order valence-corrected chi connectivity index (χ1v) is 13.3. The van der Waals surface area contributed by atoms with Gasteiger partial charge in [-0.25, -0.2) is 18.1 Å². The van der Waals surface area contributed by atoms with E-state index in [1.54, 1.807) is 24.3 Å². The van der Waals surface area contributed by atoms with Gasteiger partial charge in [-0.2, -0.15) is 0 Å². The maximum Gasteiger partial charge on any atom is 0.242 e. The van der Waals surface area contributed by atoms with Crippen LogP contribution in [0, 0.1) is 5.92 Å². The van der Waals surface area contributed by atoms with Crippen molar-refractivity contribution in [1.29, 1.82) is 0 Å². The predicted molar refractivity (Wildman–Crippen MR) is 123 cm³/mol. The van der Waals surface area contributed by atoms with E-state index in [0.717, 1.165) is 10.5 Å². The predicted octanol–water partition coefficient (Wildman–Crippen LogP) is 2.49. The Bertz CT molecular complexity index is 1040. The first kappa shape index (κ1) is 25.1. The van der Waals surface area contributed by atoms with Crippen LogP contribution in [0.3, 0.4) is 0 Å². The number of thiazole rings is 1. The molecule has 12 heteroatoms. The van der Waals surface area contributed by atoms with Gasteiger partial charge in [0.1, 0.15) is 12.2 Å². The van der Waals surface area contributed by atoms with Gasteiger partial charge < -0.3 is 10.5 Å². The van der Waals surface area contributed by atoms with Crippen molar-refractivity contribution in [2.75, 3.05) is 24.0 Å². The molecule has 1 aromatic heterocycles. The first-order chi connectivity index (χ1) is 14.5. The zero-order valence-electron chi connectivity index (χ0n) is 17.7. The fourth-order valence-electron chi connectivity index (χ4n) is 2.48. The Kier molecular flexibility index (Phi) is 8.86. The van der Waals surface area contributed by atoms with E-state index >= 15 is 0 Å². The zero-order valence-corrected chi connectivity index (χ0v) is 20.2. The minimum absolute atomic E-state index is 0.0190. The lowest BCUT2D eigenvalue weighted by molar-refractivity contribution is -0.125. The number of nitrogens with two attached hydrogens (primary N) is 1. The monoisotopic (exact) mass is 486 g/mol. The van der Waals surface area contributed by atoms with Gasteiger partial charge in [-0.05, 0) is 24.3 Å². The summed E-state index contributed by atoms with van der Waals surface area (Å²) < 4.78 is 32.0. The molecule has 170 valence electrons. The number of anilines is 2.